The van der Waals surface area contributed by atoms with E-state index in [4.69, 9.17) is 11.0 Å². The number of para-hydroxylation sites is 2. The minimum atomic E-state index is -0.455. The van der Waals surface area contributed by atoms with E-state index in [1.54, 1.807) is 4.57 Å². The number of anilines is 3. The van der Waals surface area contributed by atoms with Gasteiger partial charge in [-0.1, -0.05) is 114 Å². The number of rotatable bonds is 4. The van der Waals surface area contributed by atoms with Gasteiger partial charge in [0, 0.05) is 33.5 Å². The lowest BCUT2D eigenvalue weighted by Crippen LogP contribution is -2.17. The molecule has 0 aliphatic heterocycles. The Morgan fingerprint density at radius 2 is 1.02 bits per heavy atom. The fourth-order valence-electron chi connectivity index (χ4n) is 8.21. The van der Waals surface area contributed by atoms with E-state index < -0.39 is 24.2 Å². The van der Waals surface area contributed by atoms with Crippen LogP contribution in [-0.2, 0) is 10.8 Å². The molecule has 0 unspecified atom stereocenters. The van der Waals surface area contributed by atoms with Crippen LogP contribution in [0.15, 0.2) is 151 Å². The third-order valence-corrected chi connectivity index (χ3v) is 11.3. The minimum Gasteiger partial charge on any atom is -0.310 e. The molecule has 0 N–H and O–H groups in total. The molecular formula is C53H46N2. The van der Waals surface area contributed by atoms with E-state index in [9.17, 15) is 0 Å². The summed E-state index contributed by atoms with van der Waals surface area (Å²) in [6, 6.07) is 33.9. The molecule has 0 bridgehead atoms. The first-order chi connectivity index (χ1) is 29.7. The van der Waals surface area contributed by atoms with Crippen molar-refractivity contribution in [3.05, 3.63) is 168 Å². The highest BCUT2D eigenvalue weighted by atomic mass is 15.1. The topological polar surface area (TPSA) is 8.17 Å². The molecule has 1 aliphatic rings. The largest absolute Gasteiger partial charge is 0.310 e. The van der Waals surface area contributed by atoms with Gasteiger partial charge in [0.1, 0.15) is 0 Å². The van der Waals surface area contributed by atoms with Crippen LogP contribution in [0.2, 0.25) is 0 Å². The minimum absolute atomic E-state index is 0.0201. The van der Waals surface area contributed by atoms with Crippen LogP contribution in [-0.4, -0.2) is 4.57 Å². The highest BCUT2D eigenvalue weighted by Gasteiger charge is 2.26. The molecule has 2 heteroatoms. The molecule has 1 aliphatic carbocycles. The molecule has 0 saturated heterocycles. The summed E-state index contributed by atoms with van der Waals surface area (Å²) in [5, 5.41) is 4.26. The molecule has 8 aromatic carbocycles. The van der Waals surface area contributed by atoms with Gasteiger partial charge in [0.25, 0.3) is 0 Å². The quantitative estimate of drug-likeness (QED) is 0.176. The number of hydrogen-bond donors (Lipinski definition) is 0. The van der Waals surface area contributed by atoms with Crippen LogP contribution in [0.4, 0.5) is 17.1 Å². The van der Waals surface area contributed by atoms with Crippen LogP contribution in [0.5, 0.6) is 0 Å². The summed E-state index contributed by atoms with van der Waals surface area (Å²) in [6.07, 6.45) is 0. The lowest BCUT2D eigenvalue weighted by atomic mass is 9.78. The first kappa shape index (κ1) is 25.8. The first-order valence-electron chi connectivity index (χ1n) is 22.9. The van der Waals surface area contributed by atoms with Gasteiger partial charge < -0.3 is 9.47 Å². The summed E-state index contributed by atoms with van der Waals surface area (Å²) in [5.74, 6) is 0. The second kappa shape index (κ2) is 11.9. The SMILES string of the molecule is [2H]c1c([2H])c([2H])c2c(c1[2H])c1c([2H])c([2H])c([2H])c([2H])c1n2-c1ccc2cc3c(cc2c1)-c1cc2ccc(N(c4cccc(C(C)(C)C)c4)c4cc(C(C)(C)C)ccc4C)cc2cc1-3. The molecule has 268 valence electrons. The summed E-state index contributed by atoms with van der Waals surface area (Å²) >= 11 is 0. The molecule has 10 rings (SSSR count). The van der Waals surface area contributed by atoms with Crippen molar-refractivity contribution in [3.63, 3.8) is 0 Å². The summed E-state index contributed by atoms with van der Waals surface area (Å²) in [4.78, 5) is 2.39. The maximum absolute atomic E-state index is 8.94. The first-order valence-corrected chi connectivity index (χ1v) is 18.9. The Morgan fingerprint density at radius 1 is 0.491 bits per heavy atom. The molecular weight excluding hydrogens is 665 g/mol. The second-order valence-electron chi connectivity index (χ2n) is 17.0. The number of nitrogens with zero attached hydrogens (tertiary/aromatic N) is 2. The van der Waals surface area contributed by atoms with Crippen molar-refractivity contribution in [3.8, 4) is 27.9 Å². The third kappa shape index (κ3) is 5.38. The predicted octanol–water partition coefficient (Wildman–Crippen LogP) is 15.1. The van der Waals surface area contributed by atoms with Gasteiger partial charge in [-0.25, -0.2) is 0 Å². The Hall–Kier alpha value is -6.12. The summed E-state index contributed by atoms with van der Waals surface area (Å²) in [5.41, 5.74) is 12.3. The smallest absolute Gasteiger partial charge is 0.0645 e. The average Bonchev–Trinajstić information content (AvgIpc) is 3.61. The third-order valence-electron chi connectivity index (χ3n) is 11.3. The van der Waals surface area contributed by atoms with Gasteiger partial charge >= 0.3 is 0 Å². The molecule has 2 nitrogen and oxygen atoms in total. The number of aryl methyl sites for hydroxylation is 1. The Balaban J connectivity index is 1.11. The standard InChI is InChI=1S/C53H46N2/c1-33-19-22-39(53(5,6)7)32-51(33)54(40-14-12-13-38(31-40)52(2,3)4)41-23-20-34-27-45-47(29-36(34)25-41)46-28-35-21-24-42(26-37(35)30-48(45)46)55-49-17-10-8-15-43(49)44-16-9-11-18-50(44)55/h8-32H,1-7H3/i8D,9D,10D,11D,15D,16D,17D,18D. The van der Waals surface area contributed by atoms with E-state index in [1.165, 1.54) is 22.3 Å². The van der Waals surface area contributed by atoms with Gasteiger partial charge in [-0.3, -0.25) is 0 Å². The van der Waals surface area contributed by atoms with E-state index in [2.05, 4.69) is 138 Å². The van der Waals surface area contributed by atoms with Crippen LogP contribution in [0.3, 0.4) is 0 Å². The molecule has 0 spiro atoms. The van der Waals surface area contributed by atoms with Crippen molar-refractivity contribution >= 4 is 60.4 Å². The second-order valence-corrected chi connectivity index (χ2v) is 17.0. The molecule has 0 radical (unpaired) electrons. The van der Waals surface area contributed by atoms with Crippen LogP contribution in [0.25, 0.3) is 71.3 Å². The maximum atomic E-state index is 8.94. The summed E-state index contributed by atoms with van der Waals surface area (Å²) in [7, 11) is 0. The van der Waals surface area contributed by atoms with Gasteiger partial charge in [-0.05, 0) is 157 Å². The number of aromatic nitrogens is 1. The van der Waals surface area contributed by atoms with E-state index in [1.807, 2.05) is 18.2 Å². The van der Waals surface area contributed by atoms with E-state index >= 15 is 0 Å². The zero-order chi connectivity index (χ0) is 44.8. The van der Waals surface area contributed by atoms with Gasteiger partial charge in [-0.15, -0.1) is 0 Å². The summed E-state index contributed by atoms with van der Waals surface area (Å²) < 4.78 is 70.9. The zero-order valence-electron chi connectivity index (χ0n) is 40.2. The van der Waals surface area contributed by atoms with Crippen LogP contribution >= 0.6 is 0 Å². The zero-order valence-corrected chi connectivity index (χ0v) is 32.2. The molecule has 0 fully saturated rings. The number of benzene rings is 8. The van der Waals surface area contributed by atoms with Gasteiger partial charge in [0.05, 0.1) is 22.0 Å². The van der Waals surface area contributed by atoms with Crippen LogP contribution in [0.1, 0.15) is 69.2 Å². The van der Waals surface area contributed by atoms with Crippen molar-refractivity contribution in [2.24, 2.45) is 0 Å². The highest BCUT2D eigenvalue weighted by Crippen LogP contribution is 2.51. The van der Waals surface area contributed by atoms with Crippen molar-refractivity contribution in [2.45, 2.75) is 59.3 Å². The summed E-state index contributed by atoms with van der Waals surface area (Å²) in [6.45, 7) is 15.7. The number of fused-ring (bicyclic) bond motifs is 9. The molecule has 1 heterocycles. The Morgan fingerprint density at radius 3 is 1.64 bits per heavy atom. The van der Waals surface area contributed by atoms with Crippen LogP contribution < -0.4 is 4.90 Å². The van der Waals surface area contributed by atoms with Crippen molar-refractivity contribution < 1.29 is 11.0 Å². The molecule has 1 aromatic heterocycles. The molecule has 0 saturated carbocycles. The fourth-order valence-corrected chi connectivity index (χ4v) is 8.21. The Bertz CT molecular complexity index is 3400. The fraction of sp³-hybridized carbons (Fsp3) is 0.170. The normalized spacial score (nSPS) is 14.7. The number of hydrogen-bond acceptors (Lipinski definition) is 1. The lowest BCUT2D eigenvalue weighted by Gasteiger charge is -2.31. The Kier molecular flexibility index (Phi) is 5.60. The van der Waals surface area contributed by atoms with E-state index in [0.717, 1.165) is 55.3 Å². The lowest BCUT2D eigenvalue weighted by molar-refractivity contribution is 0.590. The Labute approximate surface area is 335 Å². The van der Waals surface area contributed by atoms with Gasteiger partial charge in [0.2, 0.25) is 0 Å². The predicted molar refractivity (Wildman–Crippen MR) is 237 cm³/mol. The maximum Gasteiger partial charge on any atom is 0.0645 e. The van der Waals surface area contributed by atoms with E-state index in [0.29, 0.717) is 5.69 Å². The van der Waals surface area contributed by atoms with Gasteiger partial charge in [0.15, 0.2) is 0 Å². The van der Waals surface area contributed by atoms with Gasteiger partial charge in [-0.2, -0.15) is 0 Å². The van der Waals surface area contributed by atoms with E-state index in [-0.39, 0.29) is 56.8 Å². The van der Waals surface area contributed by atoms with Crippen LogP contribution in [0, 0.1) is 6.92 Å². The van der Waals surface area contributed by atoms with Crippen molar-refractivity contribution in [1.29, 1.82) is 0 Å². The molecule has 55 heavy (non-hydrogen) atoms. The molecule has 9 aromatic rings. The highest BCUT2D eigenvalue weighted by molar-refractivity contribution is 6.13. The monoisotopic (exact) mass is 718 g/mol. The molecule has 0 amide bonds. The van der Waals surface area contributed by atoms with Crippen molar-refractivity contribution in [1.82, 2.24) is 4.57 Å². The molecule has 0 atom stereocenters. The van der Waals surface area contributed by atoms with Crippen molar-refractivity contribution in [2.75, 3.05) is 4.90 Å². The average molecular weight is 719 g/mol.